The van der Waals surface area contributed by atoms with Crippen molar-refractivity contribution in [1.29, 1.82) is 0 Å². The summed E-state index contributed by atoms with van der Waals surface area (Å²) >= 11 is 0. The van der Waals surface area contributed by atoms with Crippen LogP contribution in [0.5, 0.6) is 5.75 Å². The maximum atomic E-state index is 11.9. The first-order valence-electron chi connectivity index (χ1n) is 6.88. The molecule has 0 saturated carbocycles. The third kappa shape index (κ3) is 4.21. The number of nitrogens with one attached hydrogen (secondary N) is 2. The van der Waals surface area contributed by atoms with Gasteiger partial charge >= 0.3 is 0 Å². The lowest BCUT2D eigenvalue weighted by Gasteiger charge is -2.34. The van der Waals surface area contributed by atoms with E-state index in [1.807, 2.05) is 18.2 Å². The third-order valence-corrected chi connectivity index (χ3v) is 3.47. The SMILES string of the molecule is COc1cccc(NC(=O)CNC2(C)CCCOC2)c1. The number of anilines is 1. The molecule has 0 radical (unpaired) electrons. The largest absolute Gasteiger partial charge is 0.497 e. The second kappa shape index (κ2) is 6.72. The zero-order valence-electron chi connectivity index (χ0n) is 12.1. The highest BCUT2D eigenvalue weighted by Crippen LogP contribution is 2.18. The van der Waals surface area contributed by atoms with Crippen LogP contribution in [0, 0.1) is 0 Å². The van der Waals surface area contributed by atoms with Gasteiger partial charge in [0.05, 0.1) is 20.3 Å². The normalized spacial score (nSPS) is 22.3. The summed E-state index contributed by atoms with van der Waals surface area (Å²) in [5.74, 6) is 0.661. The molecule has 0 aliphatic carbocycles. The van der Waals surface area contributed by atoms with Gasteiger partial charge in [0.15, 0.2) is 0 Å². The molecular formula is C15H22N2O3. The number of amides is 1. The van der Waals surface area contributed by atoms with Crippen molar-refractivity contribution in [3.05, 3.63) is 24.3 Å². The Hall–Kier alpha value is -1.59. The van der Waals surface area contributed by atoms with Crippen LogP contribution in [0.2, 0.25) is 0 Å². The third-order valence-electron chi connectivity index (χ3n) is 3.47. The average molecular weight is 278 g/mol. The number of carbonyl (C=O) groups excluding carboxylic acids is 1. The number of methoxy groups -OCH3 is 1. The standard InChI is InChI=1S/C15H22N2O3/c1-15(7-4-8-20-11-15)16-10-14(18)17-12-5-3-6-13(9-12)19-2/h3,5-6,9,16H,4,7-8,10-11H2,1-2H3,(H,17,18). The van der Waals surface area contributed by atoms with Crippen molar-refractivity contribution in [3.63, 3.8) is 0 Å². The van der Waals surface area contributed by atoms with Crippen molar-refractivity contribution in [3.8, 4) is 5.75 Å². The molecule has 1 aromatic rings. The van der Waals surface area contributed by atoms with Gasteiger partial charge in [0.25, 0.3) is 0 Å². The lowest BCUT2D eigenvalue weighted by atomic mass is 9.95. The van der Waals surface area contributed by atoms with Gasteiger partial charge in [-0.1, -0.05) is 6.07 Å². The summed E-state index contributed by atoms with van der Waals surface area (Å²) in [4.78, 5) is 11.9. The Morgan fingerprint density at radius 3 is 3.05 bits per heavy atom. The monoisotopic (exact) mass is 278 g/mol. The fourth-order valence-corrected chi connectivity index (χ4v) is 2.27. The summed E-state index contributed by atoms with van der Waals surface area (Å²) < 4.78 is 10.6. The maximum Gasteiger partial charge on any atom is 0.238 e. The smallest absolute Gasteiger partial charge is 0.238 e. The number of carbonyl (C=O) groups is 1. The summed E-state index contributed by atoms with van der Waals surface area (Å²) in [5, 5.41) is 6.13. The molecule has 2 N–H and O–H groups in total. The second-order valence-corrected chi connectivity index (χ2v) is 5.35. The lowest BCUT2D eigenvalue weighted by Crippen LogP contribution is -2.51. The van der Waals surface area contributed by atoms with E-state index in [1.54, 1.807) is 13.2 Å². The van der Waals surface area contributed by atoms with E-state index in [9.17, 15) is 4.79 Å². The van der Waals surface area contributed by atoms with Crippen molar-refractivity contribution < 1.29 is 14.3 Å². The highest BCUT2D eigenvalue weighted by molar-refractivity contribution is 5.92. The molecule has 1 saturated heterocycles. The van der Waals surface area contributed by atoms with E-state index in [0.717, 1.165) is 30.9 Å². The summed E-state index contributed by atoms with van der Waals surface area (Å²) in [6.45, 7) is 3.83. The van der Waals surface area contributed by atoms with E-state index in [1.165, 1.54) is 0 Å². The zero-order valence-corrected chi connectivity index (χ0v) is 12.1. The van der Waals surface area contributed by atoms with Gasteiger partial charge in [0, 0.05) is 23.9 Å². The molecule has 0 bridgehead atoms. The molecule has 1 aromatic carbocycles. The highest BCUT2D eigenvalue weighted by Gasteiger charge is 2.27. The van der Waals surface area contributed by atoms with Crippen molar-refractivity contribution in [2.45, 2.75) is 25.3 Å². The molecule has 110 valence electrons. The highest BCUT2D eigenvalue weighted by atomic mass is 16.5. The molecule has 0 aromatic heterocycles. The van der Waals surface area contributed by atoms with Crippen LogP contribution < -0.4 is 15.4 Å². The first kappa shape index (κ1) is 14.8. The number of hydrogen-bond acceptors (Lipinski definition) is 4. The van der Waals surface area contributed by atoms with Crippen LogP contribution in [-0.2, 0) is 9.53 Å². The van der Waals surface area contributed by atoms with Crippen LogP contribution in [0.25, 0.3) is 0 Å². The summed E-state index contributed by atoms with van der Waals surface area (Å²) in [6, 6.07) is 7.32. The van der Waals surface area contributed by atoms with Crippen molar-refractivity contribution in [2.75, 3.05) is 32.2 Å². The van der Waals surface area contributed by atoms with Gasteiger partial charge in [0.1, 0.15) is 5.75 Å². The lowest BCUT2D eigenvalue weighted by molar-refractivity contribution is -0.116. The van der Waals surface area contributed by atoms with Crippen LogP contribution in [-0.4, -0.2) is 38.3 Å². The van der Waals surface area contributed by atoms with E-state index >= 15 is 0 Å². The van der Waals surface area contributed by atoms with E-state index in [4.69, 9.17) is 9.47 Å². The van der Waals surface area contributed by atoms with Gasteiger partial charge in [-0.25, -0.2) is 0 Å². The zero-order chi connectivity index (χ0) is 14.4. The van der Waals surface area contributed by atoms with Crippen LogP contribution in [0.1, 0.15) is 19.8 Å². The predicted octanol–water partition coefficient (Wildman–Crippen LogP) is 1.79. The molecule has 2 rings (SSSR count). The van der Waals surface area contributed by atoms with E-state index < -0.39 is 0 Å². The second-order valence-electron chi connectivity index (χ2n) is 5.35. The molecule has 1 fully saturated rings. The minimum absolute atomic E-state index is 0.0648. The minimum Gasteiger partial charge on any atom is -0.497 e. The molecule has 1 atom stereocenters. The topological polar surface area (TPSA) is 59.6 Å². The molecule has 5 nitrogen and oxygen atoms in total. The minimum atomic E-state index is -0.107. The Morgan fingerprint density at radius 2 is 2.35 bits per heavy atom. The van der Waals surface area contributed by atoms with Gasteiger partial charge in [-0.05, 0) is 31.9 Å². The summed E-state index contributed by atoms with van der Waals surface area (Å²) in [5.41, 5.74) is 0.630. The van der Waals surface area contributed by atoms with Crippen molar-refractivity contribution >= 4 is 11.6 Å². The molecule has 0 spiro atoms. The molecule has 1 aliphatic heterocycles. The average Bonchev–Trinajstić information content (AvgIpc) is 2.46. The Kier molecular flexibility index (Phi) is 4.98. The van der Waals surface area contributed by atoms with Gasteiger partial charge in [0.2, 0.25) is 5.91 Å². The first-order chi connectivity index (χ1) is 9.61. The van der Waals surface area contributed by atoms with Crippen molar-refractivity contribution in [2.24, 2.45) is 0 Å². The fraction of sp³-hybridized carbons (Fsp3) is 0.533. The van der Waals surface area contributed by atoms with Crippen LogP contribution in [0.4, 0.5) is 5.69 Å². The molecular weight excluding hydrogens is 256 g/mol. The Balaban J connectivity index is 1.82. The van der Waals surface area contributed by atoms with Crippen molar-refractivity contribution in [1.82, 2.24) is 5.32 Å². The summed E-state index contributed by atoms with van der Waals surface area (Å²) in [7, 11) is 1.60. The Labute approximate surface area is 119 Å². The number of ether oxygens (including phenoxy) is 2. The van der Waals surface area contributed by atoms with Crippen LogP contribution in [0.15, 0.2) is 24.3 Å². The fourth-order valence-electron chi connectivity index (χ4n) is 2.27. The van der Waals surface area contributed by atoms with E-state index in [-0.39, 0.29) is 18.0 Å². The van der Waals surface area contributed by atoms with Crippen LogP contribution >= 0.6 is 0 Å². The molecule has 1 unspecified atom stereocenters. The summed E-state index contributed by atoms with van der Waals surface area (Å²) in [6.07, 6.45) is 2.06. The van der Waals surface area contributed by atoms with Gasteiger partial charge in [-0.2, -0.15) is 0 Å². The molecule has 1 amide bonds. The van der Waals surface area contributed by atoms with E-state index in [0.29, 0.717) is 6.61 Å². The predicted molar refractivity (Wildman–Crippen MR) is 78.1 cm³/mol. The Bertz CT molecular complexity index is 456. The molecule has 20 heavy (non-hydrogen) atoms. The molecule has 1 aliphatic rings. The Morgan fingerprint density at radius 1 is 1.50 bits per heavy atom. The number of hydrogen-bond donors (Lipinski definition) is 2. The van der Waals surface area contributed by atoms with E-state index in [2.05, 4.69) is 17.6 Å². The molecule has 5 heteroatoms. The quantitative estimate of drug-likeness (QED) is 0.862. The van der Waals surface area contributed by atoms with Crippen LogP contribution in [0.3, 0.4) is 0 Å². The number of benzene rings is 1. The maximum absolute atomic E-state index is 11.9. The van der Waals surface area contributed by atoms with Gasteiger partial charge in [-0.15, -0.1) is 0 Å². The molecule has 1 heterocycles. The number of rotatable bonds is 5. The first-order valence-corrected chi connectivity index (χ1v) is 6.88. The van der Waals surface area contributed by atoms with Gasteiger partial charge in [-0.3, -0.25) is 4.79 Å². The van der Waals surface area contributed by atoms with Gasteiger partial charge < -0.3 is 20.1 Å².